The van der Waals surface area contributed by atoms with Gasteiger partial charge in [-0.1, -0.05) is 6.92 Å². The van der Waals surface area contributed by atoms with Crippen molar-refractivity contribution in [2.45, 2.75) is 26.2 Å². The summed E-state index contributed by atoms with van der Waals surface area (Å²) in [5.74, 6) is 2.48. The zero-order valence-electron chi connectivity index (χ0n) is 14.4. The van der Waals surface area contributed by atoms with E-state index < -0.39 is 0 Å². The second-order valence-corrected chi connectivity index (χ2v) is 6.39. The van der Waals surface area contributed by atoms with E-state index in [1.807, 2.05) is 7.05 Å². The Labute approximate surface area is 152 Å². The van der Waals surface area contributed by atoms with Crippen LogP contribution in [0.5, 0.6) is 0 Å². The first-order chi connectivity index (χ1) is 10.3. The SMILES string of the molecule is CCN1CCCC(CNC(=NC)N2CCC(COC)C2)C1.I. The lowest BCUT2D eigenvalue weighted by Gasteiger charge is -2.33. The molecule has 2 aliphatic heterocycles. The summed E-state index contributed by atoms with van der Waals surface area (Å²) >= 11 is 0. The van der Waals surface area contributed by atoms with Gasteiger partial charge in [-0.15, -0.1) is 24.0 Å². The zero-order valence-corrected chi connectivity index (χ0v) is 16.7. The van der Waals surface area contributed by atoms with Gasteiger partial charge in [-0.3, -0.25) is 4.99 Å². The molecule has 2 rings (SSSR count). The number of nitrogens with one attached hydrogen (secondary N) is 1. The fourth-order valence-electron chi connectivity index (χ4n) is 3.57. The monoisotopic (exact) mass is 424 g/mol. The smallest absolute Gasteiger partial charge is 0.193 e. The molecule has 2 fully saturated rings. The molecule has 0 aliphatic carbocycles. The van der Waals surface area contributed by atoms with E-state index in [0.717, 1.165) is 38.1 Å². The fraction of sp³-hybridized carbons (Fsp3) is 0.938. The number of halogens is 1. The summed E-state index contributed by atoms with van der Waals surface area (Å²) in [7, 11) is 3.68. The van der Waals surface area contributed by atoms with Crippen molar-refractivity contribution in [1.82, 2.24) is 15.1 Å². The van der Waals surface area contributed by atoms with Gasteiger partial charge in [0.05, 0.1) is 6.61 Å². The number of hydrogen-bond acceptors (Lipinski definition) is 3. The largest absolute Gasteiger partial charge is 0.384 e. The van der Waals surface area contributed by atoms with Crippen LogP contribution < -0.4 is 5.32 Å². The second-order valence-electron chi connectivity index (χ2n) is 6.39. The van der Waals surface area contributed by atoms with E-state index in [9.17, 15) is 0 Å². The first kappa shape index (κ1) is 20.0. The molecule has 2 atom stereocenters. The maximum atomic E-state index is 5.27. The quantitative estimate of drug-likeness (QED) is 0.416. The molecular formula is C16H33IN4O. The van der Waals surface area contributed by atoms with Crippen LogP contribution >= 0.6 is 24.0 Å². The first-order valence-corrected chi connectivity index (χ1v) is 8.43. The Bertz CT molecular complexity index is 340. The van der Waals surface area contributed by atoms with Crippen molar-refractivity contribution in [1.29, 1.82) is 0 Å². The Morgan fingerprint density at radius 3 is 2.73 bits per heavy atom. The Kier molecular flexibility index (Phi) is 9.66. The minimum absolute atomic E-state index is 0. The van der Waals surface area contributed by atoms with Crippen molar-refractivity contribution in [3.63, 3.8) is 0 Å². The Balaban J connectivity index is 0.00000242. The average Bonchev–Trinajstić information content (AvgIpc) is 2.97. The molecule has 6 heteroatoms. The van der Waals surface area contributed by atoms with Crippen LogP contribution in [0.4, 0.5) is 0 Å². The molecule has 2 saturated heterocycles. The molecular weight excluding hydrogens is 391 g/mol. The number of nitrogens with zero attached hydrogens (tertiary/aromatic N) is 3. The Morgan fingerprint density at radius 2 is 2.05 bits per heavy atom. The Hall–Kier alpha value is -0.0800. The van der Waals surface area contributed by atoms with Crippen LogP contribution in [0, 0.1) is 11.8 Å². The van der Waals surface area contributed by atoms with E-state index in [0.29, 0.717) is 5.92 Å². The number of rotatable bonds is 5. The van der Waals surface area contributed by atoms with Gasteiger partial charge in [0.25, 0.3) is 0 Å². The third-order valence-corrected chi connectivity index (χ3v) is 4.80. The predicted molar refractivity (Wildman–Crippen MR) is 103 cm³/mol. The fourth-order valence-corrected chi connectivity index (χ4v) is 3.57. The lowest BCUT2D eigenvalue weighted by molar-refractivity contribution is 0.157. The van der Waals surface area contributed by atoms with E-state index in [2.05, 4.69) is 27.0 Å². The predicted octanol–water partition coefficient (Wildman–Crippen LogP) is 1.88. The van der Waals surface area contributed by atoms with E-state index >= 15 is 0 Å². The molecule has 2 aliphatic rings. The average molecular weight is 424 g/mol. The Morgan fingerprint density at radius 1 is 1.23 bits per heavy atom. The van der Waals surface area contributed by atoms with E-state index in [-0.39, 0.29) is 24.0 Å². The van der Waals surface area contributed by atoms with Crippen LogP contribution in [0.1, 0.15) is 26.2 Å². The number of piperidine rings is 1. The van der Waals surface area contributed by atoms with Gasteiger partial charge in [0.1, 0.15) is 0 Å². The topological polar surface area (TPSA) is 40.1 Å². The number of guanidine groups is 1. The number of methoxy groups -OCH3 is 1. The van der Waals surface area contributed by atoms with E-state index in [4.69, 9.17) is 4.74 Å². The highest BCUT2D eigenvalue weighted by Crippen LogP contribution is 2.18. The molecule has 2 heterocycles. The van der Waals surface area contributed by atoms with Gasteiger partial charge in [0, 0.05) is 46.3 Å². The van der Waals surface area contributed by atoms with Gasteiger partial charge in [-0.2, -0.15) is 0 Å². The molecule has 130 valence electrons. The third kappa shape index (κ3) is 5.85. The molecule has 0 saturated carbocycles. The lowest BCUT2D eigenvalue weighted by Crippen LogP contribution is -2.45. The summed E-state index contributed by atoms with van der Waals surface area (Å²) < 4.78 is 5.27. The van der Waals surface area contributed by atoms with Gasteiger partial charge in [0.2, 0.25) is 0 Å². The van der Waals surface area contributed by atoms with Gasteiger partial charge < -0.3 is 19.9 Å². The van der Waals surface area contributed by atoms with Crippen LogP contribution in [0.25, 0.3) is 0 Å². The van der Waals surface area contributed by atoms with Crippen molar-refractivity contribution in [2.75, 3.05) is 60.0 Å². The van der Waals surface area contributed by atoms with Crippen molar-refractivity contribution in [3.8, 4) is 0 Å². The summed E-state index contributed by atoms with van der Waals surface area (Å²) in [5, 5.41) is 3.60. The molecule has 0 amide bonds. The highest BCUT2D eigenvalue weighted by Gasteiger charge is 2.25. The summed E-state index contributed by atoms with van der Waals surface area (Å²) in [6.07, 6.45) is 3.88. The van der Waals surface area contributed by atoms with Crippen LogP contribution in [0.15, 0.2) is 4.99 Å². The van der Waals surface area contributed by atoms with Gasteiger partial charge in [0.15, 0.2) is 5.96 Å². The van der Waals surface area contributed by atoms with Crippen molar-refractivity contribution in [2.24, 2.45) is 16.8 Å². The summed E-state index contributed by atoms with van der Waals surface area (Å²) in [6.45, 7) is 10.0. The summed E-state index contributed by atoms with van der Waals surface area (Å²) in [6, 6.07) is 0. The molecule has 1 N–H and O–H groups in total. The van der Waals surface area contributed by atoms with Crippen LogP contribution in [0.2, 0.25) is 0 Å². The molecule has 0 radical (unpaired) electrons. The molecule has 0 aromatic carbocycles. The van der Waals surface area contributed by atoms with E-state index in [1.54, 1.807) is 7.11 Å². The van der Waals surface area contributed by atoms with Crippen molar-refractivity contribution in [3.05, 3.63) is 0 Å². The highest BCUT2D eigenvalue weighted by molar-refractivity contribution is 14.0. The third-order valence-electron chi connectivity index (χ3n) is 4.80. The molecule has 0 aromatic heterocycles. The van der Waals surface area contributed by atoms with Gasteiger partial charge >= 0.3 is 0 Å². The number of likely N-dealkylation sites (tertiary alicyclic amines) is 2. The van der Waals surface area contributed by atoms with Crippen LogP contribution in [-0.4, -0.2) is 75.8 Å². The lowest BCUT2D eigenvalue weighted by atomic mass is 9.98. The second kappa shape index (κ2) is 10.6. The normalized spacial score (nSPS) is 26.9. The first-order valence-electron chi connectivity index (χ1n) is 8.43. The maximum absolute atomic E-state index is 5.27. The summed E-state index contributed by atoms with van der Waals surface area (Å²) in [4.78, 5) is 9.40. The summed E-state index contributed by atoms with van der Waals surface area (Å²) in [5.41, 5.74) is 0. The number of aliphatic imine (C=N–C) groups is 1. The molecule has 0 spiro atoms. The van der Waals surface area contributed by atoms with Crippen LogP contribution in [-0.2, 0) is 4.74 Å². The van der Waals surface area contributed by atoms with Gasteiger partial charge in [-0.05, 0) is 38.3 Å². The molecule has 22 heavy (non-hydrogen) atoms. The minimum atomic E-state index is 0. The van der Waals surface area contributed by atoms with Crippen LogP contribution in [0.3, 0.4) is 0 Å². The standard InChI is InChI=1S/C16H32N4O.HI/c1-4-19-8-5-6-14(11-19)10-18-16(17-2)20-9-7-15(12-20)13-21-3;/h14-15H,4-13H2,1-3H3,(H,17,18);1H. The zero-order chi connectivity index (χ0) is 15.1. The number of ether oxygens (including phenoxy) is 1. The maximum Gasteiger partial charge on any atom is 0.193 e. The molecule has 0 aromatic rings. The number of hydrogen-bond donors (Lipinski definition) is 1. The van der Waals surface area contributed by atoms with Crippen molar-refractivity contribution >= 4 is 29.9 Å². The van der Waals surface area contributed by atoms with Crippen molar-refractivity contribution < 1.29 is 4.74 Å². The van der Waals surface area contributed by atoms with E-state index in [1.165, 1.54) is 38.9 Å². The van der Waals surface area contributed by atoms with Gasteiger partial charge in [-0.25, -0.2) is 0 Å². The minimum Gasteiger partial charge on any atom is -0.384 e. The molecule has 2 unspecified atom stereocenters. The molecule has 0 bridgehead atoms. The highest BCUT2D eigenvalue weighted by atomic mass is 127. The molecule has 5 nitrogen and oxygen atoms in total.